The Morgan fingerprint density at radius 1 is 1.12 bits per heavy atom. The first-order valence-electron chi connectivity index (χ1n) is 6.44. The van der Waals surface area contributed by atoms with Crippen LogP contribution in [0.3, 0.4) is 0 Å². The predicted molar refractivity (Wildman–Crippen MR) is 73.6 cm³/mol. The predicted octanol–water partition coefficient (Wildman–Crippen LogP) is 3.14. The van der Waals surface area contributed by atoms with Gasteiger partial charge in [-0.1, -0.05) is 0 Å². The van der Waals surface area contributed by atoms with E-state index in [1.807, 2.05) is 0 Å². The molecule has 1 unspecified atom stereocenters. The van der Waals surface area contributed by atoms with Gasteiger partial charge in [0.2, 0.25) is 0 Å². The molecule has 2 nitrogen and oxygen atoms in total. The van der Waals surface area contributed by atoms with Gasteiger partial charge in [-0.3, -0.25) is 0 Å². The molecule has 1 fully saturated rings. The summed E-state index contributed by atoms with van der Waals surface area (Å²) >= 11 is -1.91. The van der Waals surface area contributed by atoms with Crippen LogP contribution in [-0.2, 0) is 4.74 Å². The third kappa shape index (κ3) is 3.88. The summed E-state index contributed by atoms with van der Waals surface area (Å²) in [5, 5.41) is 0. The number of hydrogen-bond donors (Lipinski definition) is 0. The van der Waals surface area contributed by atoms with Gasteiger partial charge in [-0.2, -0.15) is 0 Å². The Labute approximate surface area is 108 Å². The summed E-state index contributed by atoms with van der Waals surface area (Å²) in [6.07, 6.45) is 3.35. The van der Waals surface area contributed by atoms with Crippen molar-refractivity contribution < 1.29 is 9.47 Å². The first-order chi connectivity index (χ1) is 8.05. The molecule has 1 aliphatic rings. The van der Waals surface area contributed by atoms with Gasteiger partial charge >= 0.3 is 108 Å². The van der Waals surface area contributed by atoms with Crippen molar-refractivity contribution in [1.29, 1.82) is 0 Å². The summed E-state index contributed by atoms with van der Waals surface area (Å²) < 4.78 is 12.9. The Hall–Kier alpha value is -0.221. The van der Waals surface area contributed by atoms with E-state index < -0.39 is 18.4 Å². The fourth-order valence-corrected chi connectivity index (χ4v) is 5.32. The summed E-state index contributed by atoms with van der Waals surface area (Å²) in [7, 11) is 0. The summed E-state index contributed by atoms with van der Waals surface area (Å²) in [6, 6.07) is 8.65. The van der Waals surface area contributed by atoms with Crippen molar-refractivity contribution in [1.82, 2.24) is 0 Å². The first kappa shape index (κ1) is 13.2. The molecule has 94 valence electrons. The van der Waals surface area contributed by atoms with E-state index in [0.717, 1.165) is 25.2 Å². The zero-order valence-corrected chi connectivity index (χ0v) is 13.9. The van der Waals surface area contributed by atoms with Crippen molar-refractivity contribution >= 4 is 22.0 Å². The minimum atomic E-state index is -1.91. The molecule has 1 heterocycles. The van der Waals surface area contributed by atoms with Crippen molar-refractivity contribution in [2.24, 2.45) is 0 Å². The molecule has 1 atom stereocenters. The molecule has 1 saturated heterocycles. The third-order valence-corrected chi connectivity index (χ3v) is 9.02. The Balaban J connectivity index is 1.98. The normalized spacial score (nSPS) is 21.2. The minimum absolute atomic E-state index is 0.0345. The number of ether oxygens (including phenoxy) is 2. The Bertz CT molecular complexity index is 347. The van der Waals surface area contributed by atoms with E-state index >= 15 is 0 Å². The maximum absolute atomic E-state index is 5.82. The average Bonchev–Trinajstić information content (AvgIpc) is 2.30. The van der Waals surface area contributed by atoms with Crippen molar-refractivity contribution in [2.75, 3.05) is 6.61 Å². The molecule has 1 aromatic carbocycles. The zero-order chi connectivity index (χ0) is 12.3. The quantitative estimate of drug-likeness (QED) is 0.787. The fraction of sp³-hybridized carbons (Fsp3) is 0.571. The van der Waals surface area contributed by atoms with Crippen LogP contribution in [0.2, 0.25) is 14.8 Å². The third-order valence-electron chi connectivity index (χ3n) is 3.13. The second-order valence-electron chi connectivity index (χ2n) is 5.69. The zero-order valence-electron chi connectivity index (χ0n) is 11.0. The van der Waals surface area contributed by atoms with Gasteiger partial charge in [0.25, 0.3) is 0 Å². The van der Waals surface area contributed by atoms with Crippen LogP contribution < -0.4 is 8.32 Å². The summed E-state index contributed by atoms with van der Waals surface area (Å²) in [5.41, 5.74) is 0. The molecule has 0 radical (unpaired) electrons. The molecular formula is C14H22O2Sn. The van der Waals surface area contributed by atoms with Crippen LogP contribution in [0, 0.1) is 0 Å². The molecule has 2 rings (SSSR count). The van der Waals surface area contributed by atoms with Crippen LogP contribution in [0.5, 0.6) is 5.75 Å². The van der Waals surface area contributed by atoms with Crippen LogP contribution in [-0.4, -0.2) is 31.3 Å². The van der Waals surface area contributed by atoms with Crippen LogP contribution in [0.25, 0.3) is 0 Å². The van der Waals surface area contributed by atoms with E-state index in [1.165, 1.54) is 10.0 Å². The van der Waals surface area contributed by atoms with Crippen LogP contribution in [0.1, 0.15) is 19.3 Å². The SMILES string of the molecule is [CH3][Sn]([CH3])([CH3])[c]1ccc(OC2CCCCO2)cc1. The van der Waals surface area contributed by atoms with Crippen molar-refractivity contribution in [3.05, 3.63) is 24.3 Å². The van der Waals surface area contributed by atoms with E-state index in [0.29, 0.717) is 0 Å². The van der Waals surface area contributed by atoms with Gasteiger partial charge < -0.3 is 0 Å². The van der Waals surface area contributed by atoms with Crippen LogP contribution in [0.15, 0.2) is 24.3 Å². The van der Waals surface area contributed by atoms with E-state index in [4.69, 9.17) is 9.47 Å². The standard InChI is InChI=1S/C11H13O2.3CH3.Sn/c1-2-6-10(7-3-1)13-11-8-4-5-9-12-11;;;;/h2-3,6-7,11H,4-5,8-9H2;3*1H3;. The number of hydrogen-bond acceptors (Lipinski definition) is 2. The molecule has 0 aromatic heterocycles. The molecule has 0 aliphatic carbocycles. The number of rotatable bonds is 3. The van der Waals surface area contributed by atoms with Crippen LogP contribution >= 0.6 is 0 Å². The second-order valence-corrected chi connectivity index (χ2v) is 20.2. The van der Waals surface area contributed by atoms with Gasteiger partial charge in [0.15, 0.2) is 0 Å². The van der Waals surface area contributed by atoms with Gasteiger partial charge in [-0.25, -0.2) is 0 Å². The van der Waals surface area contributed by atoms with E-state index in [-0.39, 0.29) is 6.29 Å². The molecule has 0 spiro atoms. The van der Waals surface area contributed by atoms with E-state index in [2.05, 4.69) is 39.1 Å². The van der Waals surface area contributed by atoms with Gasteiger partial charge in [0.05, 0.1) is 0 Å². The Morgan fingerprint density at radius 3 is 2.35 bits per heavy atom. The molecule has 0 amide bonds. The average molecular weight is 341 g/mol. The maximum atomic E-state index is 5.82. The molecule has 3 heteroatoms. The van der Waals surface area contributed by atoms with Gasteiger partial charge in [0, 0.05) is 0 Å². The van der Waals surface area contributed by atoms with Gasteiger partial charge in [-0.05, 0) is 0 Å². The van der Waals surface area contributed by atoms with Crippen molar-refractivity contribution in [3.63, 3.8) is 0 Å². The molecule has 1 aromatic rings. The van der Waals surface area contributed by atoms with Crippen molar-refractivity contribution in [2.45, 2.75) is 40.4 Å². The molecular weight excluding hydrogens is 319 g/mol. The monoisotopic (exact) mass is 342 g/mol. The molecule has 0 N–H and O–H groups in total. The summed E-state index contributed by atoms with van der Waals surface area (Å²) in [4.78, 5) is 7.28. The van der Waals surface area contributed by atoms with E-state index in [9.17, 15) is 0 Å². The summed E-state index contributed by atoms with van der Waals surface area (Å²) in [6.45, 7) is 0.835. The molecule has 0 saturated carbocycles. The summed E-state index contributed by atoms with van der Waals surface area (Å²) in [5.74, 6) is 0.941. The molecule has 0 bridgehead atoms. The number of benzene rings is 1. The van der Waals surface area contributed by atoms with Gasteiger partial charge in [0.1, 0.15) is 0 Å². The topological polar surface area (TPSA) is 18.5 Å². The van der Waals surface area contributed by atoms with Crippen molar-refractivity contribution in [3.8, 4) is 5.75 Å². The van der Waals surface area contributed by atoms with Crippen LogP contribution in [0.4, 0.5) is 0 Å². The van der Waals surface area contributed by atoms with E-state index in [1.54, 1.807) is 0 Å². The molecule has 1 aliphatic heterocycles. The Morgan fingerprint density at radius 2 is 1.82 bits per heavy atom. The molecule has 17 heavy (non-hydrogen) atoms. The first-order valence-corrected chi connectivity index (χ1v) is 16.4. The van der Waals surface area contributed by atoms with Gasteiger partial charge in [-0.15, -0.1) is 0 Å². The fourth-order valence-electron chi connectivity index (χ4n) is 1.99. The second kappa shape index (κ2) is 5.61. The Kier molecular flexibility index (Phi) is 4.36.